The molecule has 0 saturated carbocycles. The lowest BCUT2D eigenvalue weighted by Gasteiger charge is -2.08. The number of carbonyl (C=O) groups excluding carboxylic acids is 1. The lowest BCUT2D eigenvalue weighted by Crippen LogP contribution is -2.24. The van der Waals surface area contributed by atoms with Crippen LogP contribution in [0, 0.1) is 0 Å². The number of Topliss-reactive ketones (excluding diaryl/α,β-unsaturated/α-hetero) is 1. The predicted molar refractivity (Wildman–Crippen MR) is 83.8 cm³/mol. The summed E-state index contributed by atoms with van der Waals surface area (Å²) in [5.74, 6) is -0.110. The first-order chi connectivity index (χ1) is 11.3. The summed E-state index contributed by atoms with van der Waals surface area (Å²) < 4.78 is 14.3. The van der Waals surface area contributed by atoms with Crippen LogP contribution in [0.3, 0.4) is 0 Å². The highest BCUT2D eigenvalue weighted by atomic mass is 32.2. The normalized spacial score (nSPS) is 17.9. The second-order valence-electron chi connectivity index (χ2n) is 5.22. The van der Waals surface area contributed by atoms with Gasteiger partial charge in [-0.1, -0.05) is 47.6 Å². The zero-order valence-corrected chi connectivity index (χ0v) is 12.8. The third-order valence-corrected chi connectivity index (χ3v) is 5.37. The maximum absolute atomic E-state index is 12.9. The van der Waals surface area contributed by atoms with Gasteiger partial charge in [-0.3, -0.25) is 9.00 Å². The van der Waals surface area contributed by atoms with Crippen molar-refractivity contribution in [1.82, 2.24) is 20.2 Å². The Morgan fingerprint density at radius 1 is 1.04 bits per heavy atom. The lowest BCUT2D eigenvalue weighted by atomic mass is 10.1. The van der Waals surface area contributed by atoms with Gasteiger partial charge in [-0.05, 0) is 34.5 Å². The van der Waals surface area contributed by atoms with E-state index in [1.807, 2.05) is 48.5 Å². The zero-order valence-electron chi connectivity index (χ0n) is 12.0. The molecule has 0 spiro atoms. The molecule has 0 saturated heterocycles. The summed E-state index contributed by atoms with van der Waals surface area (Å²) in [4.78, 5) is 12.5. The van der Waals surface area contributed by atoms with Gasteiger partial charge in [0.15, 0.2) is 5.78 Å². The number of tetrazole rings is 1. The van der Waals surface area contributed by atoms with Crippen LogP contribution in [-0.4, -0.2) is 35.4 Å². The summed E-state index contributed by atoms with van der Waals surface area (Å²) in [5.41, 5.74) is 2.28. The van der Waals surface area contributed by atoms with Crippen molar-refractivity contribution in [2.45, 2.75) is 16.8 Å². The van der Waals surface area contributed by atoms with E-state index in [1.165, 1.54) is 4.68 Å². The maximum atomic E-state index is 12.9. The molecule has 2 unspecified atom stereocenters. The second-order valence-corrected chi connectivity index (χ2v) is 6.75. The van der Waals surface area contributed by atoms with Crippen LogP contribution in [0.1, 0.15) is 15.9 Å². The molecule has 0 bridgehead atoms. The molecular formula is C16H12N4O2S. The van der Waals surface area contributed by atoms with Crippen molar-refractivity contribution < 1.29 is 9.00 Å². The quantitative estimate of drug-likeness (QED) is 0.731. The zero-order chi connectivity index (χ0) is 15.8. The van der Waals surface area contributed by atoms with Gasteiger partial charge in [0.05, 0.1) is 5.69 Å². The van der Waals surface area contributed by atoms with Gasteiger partial charge >= 0.3 is 0 Å². The fourth-order valence-electron chi connectivity index (χ4n) is 2.74. The molecule has 4 rings (SSSR count). The fraction of sp³-hybridized carbons (Fsp3) is 0.125. The monoisotopic (exact) mass is 324 g/mol. The summed E-state index contributed by atoms with van der Waals surface area (Å²) in [6.07, 6.45) is 0.448. The number of fused-ring (bicyclic) bond motifs is 1. The highest BCUT2D eigenvalue weighted by molar-refractivity contribution is 7.86. The molecule has 114 valence electrons. The van der Waals surface area contributed by atoms with Crippen LogP contribution in [0.2, 0.25) is 0 Å². The van der Waals surface area contributed by atoms with Crippen LogP contribution < -0.4 is 0 Å². The minimum absolute atomic E-state index is 0.110. The van der Waals surface area contributed by atoms with Crippen LogP contribution >= 0.6 is 0 Å². The van der Waals surface area contributed by atoms with Crippen LogP contribution in [0.4, 0.5) is 0 Å². The molecule has 1 aromatic heterocycles. The van der Waals surface area contributed by atoms with Gasteiger partial charge in [0.1, 0.15) is 16.0 Å². The van der Waals surface area contributed by atoms with Crippen molar-refractivity contribution >= 4 is 16.6 Å². The molecule has 1 heterocycles. The molecule has 0 radical (unpaired) electrons. The Labute approximate surface area is 134 Å². The van der Waals surface area contributed by atoms with E-state index in [2.05, 4.69) is 15.5 Å². The van der Waals surface area contributed by atoms with Crippen LogP contribution in [0.5, 0.6) is 0 Å². The van der Waals surface area contributed by atoms with E-state index in [4.69, 9.17) is 0 Å². The van der Waals surface area contributed by atoms with E-state index < -0.39 is 16.0 Å². The van der Waals surface area contributed by atoms with E-state index >= 15 is 0 Å². The first-order valence-electron chi connectivity index (χ1n) is 7.12. The molecule has 0 amide bonds. The number of benzene rings is 2. The lowest BCUT2D eigenvalue weighted by molar-refractivity contribution is 0.0999. The summed E-state index contributed by atoms with van der Waals surface area (Å²) >= 11 is 0. The first kappa shape index (κ1) is 14.0. The Hall–Kier alpha value is -2.67. The number of aromatic nitrogens is 4. The molecule has 3 aromatic rings. The number of ketones is 1. The summed E-state index contributed by atoms with van der Waals surface area (Å²) in [5, 5.41) is 11.0. The molecule has 0 aliphatic heterocycles. The van der Waals surface area contributed by atoms with E-state index in [0.29, 0.717) is 17.7 Å². The summed E-state index contributed by atoms with van der Waals surface area (Å²) in [6, 6.07) is 16.6. The van der Waals surface area contributed by atoms with Crippen molar-refractivity contribution in [1.29, 1.82) is 0 Å². The maximum Gasteiger partial charge on any atom is 0.245 e. The Morgan fingerprint density at radius 2 is 1.78 bits per heavy atom. The molecule has 0 fully saturated rings. The number of carbonyl (C=O) groups is 1. The molecule has 1 aliphatic carbocycles. The minimum Gasteiger partial charge on any atom is -0.293 e. The number of para-hydroxylation sites is 1. The average molecular weight is 324 g/mol. The van der Waals surface area contributed by atoms with Crippen LogP contribution in [-0.2, 0) is 17.2 Å². The summed E-state index contributed by atoms with van der Waals surface area (Å²) in [6.45, 7) is 0. The Bertz CT molecular complexity index is 907. The molecule has 7 heteroatoms. The first-order valence-corrected chi connectivity index (χ1v) is 8.33. The third kappa shape index (κ3) is 2.29. The van der Waals surface area contributed by atoms with Crippen molar-refractivity contribution in [3.8, 4) is 5.69 Å². The van der Waals surface area contributed by atoms with Crippen molar-refractivity contribution in [3.05, 3.63) is 65.7 Å². The van der Waals surface area contributed by atoms with Crippen molar-refractivity contribution in [2.24, 2.45) is 0 Å². The van der Waals surface area contributed by atoms with Gasteiger partial charge in [0.25, 0.3) is 0 Å². The average Bonchev–Trinajstić information content (AvgIpc) is 3.21. The van der Waals surface area contributed by atoms with E-state index in [0.717, 1.165) is 5.56 Å². The molecule has 2 atom stereocenters. The number of rotatable bonds is 3. The standard InChI is InChI=1S/C16H12N4O2S/c21-15-13-9-5-4-6-11(13)10-14(15)23(22)16-17-18-19-20(16)12-7-2-1-3-8-12/h1-9,14H,10H2. The molecule has 23 heavy (non-hydrogen) atoms. The van der Waals surface area contributed by atoms with Crippen molar-refractivity contribution in [2.75, 3.05) is 0 Å². The Kier molecular flexibility index (Phi) is 3.34. The molecule has 0 N–H and O–H groups in total. The predicted octanol–water partition coefficient (Wildman–Crippen LogP) is 1.58. The van der Waals surface area contributed by atoms with Gasteiger partial charge in [-0.15, -0.1) is 0 Å². The highest BCUT2D eigenvalue weighted by Crippen LogP contribution is 2.27. The Morgan fingerprint density at radius 3 is 2.57 bits per heavy atom. The molecule has 2 aromatic carbocycles. The molecule has 6 nitrogen and oxygen atoms in total. The van der Waals surface area contributed by atoms with Crippen LogP contribution in [0.25, 0.3) is 5.69 Å². The van der Waals surface area contributed by atoms with E-state index in [-0.39, 0.29) is 10.9 Å². The van der Waals surface area contributed by atoms with Crippen LogP contribution in [0.15, 0.2) is 59.8 Å². The number of hydrogen-bond donors (Lipinski definition) is 0. The van der Waals surface area contributed by atoms with Gasteiger partial charge in [-0.2, -0.15) is 4.68 Å². The topological polar surface area (TPSA) is 77.7 Å². The van der Waals surface area contributed by atoms with E-state index in [1.54, 1.807) is 6.07 Å². The SMILES string of the molecule is O=C1c2ccccc2CC1S(=O)c1nnnn1-c1ccccc1. The smallest absolute Gasteiger partial charge is 0.245 e. The fourth-order valence-corrected chi connectivity index (χ4v) is 4.08. The highest BCUT2D eigenvalue weighted by Gasteiger charge is 2.37. The summed E-state index contributed by atoms with van der Waals surface area (Å²) in [7, 11) is -1.62. The second kappa shape index (κ2) is 5.51. The molecule has 1 aliphatic rings. The largest absolute Gasteiger partial charge is 0.293 e. The van der Waals surface area contributed by atoms with Gasteiger partial charge < -0.3 is 0 Å². The number of hydrogen-bond acceptors (Lipinski definition) is 5. The third-order valence-electron chi connectivity index (χ3n) is 3.86. The molecular weight excluding hydrogens is 312 g/mol. The van der Waals surface area contributed by atoms with Gasteiger partial charge in [0.2, 0.25) is 5.16 Å². The van der Waals surface area contributed by atoms with E-state index in [9.17, 15) is 9.00 Å². The number of nitrogens with zero attached hydrogens (tertiary/aromatic N) is 4. The Balaban J connectivity index is 1.70. The minimum atomic E-state index is -1.62. The van der Waals surface area contributed by atoms with Crippen molar-refractivity contribution in [3.63, 3.8) is 0 Å². The van der Waals surface area contributed by atoms with Gasteiger partial charge in [0, 0.05) is 5.56 Å². The van der Waals surface area contributed by atoms with Gasteiger partial charge in [-0.25, -0.2) is 0 Å².